The summed E-state index contributed by atoms with van der Waals surface area (Å²) in [5, 5.41) is 18.6. The first-order valence-electron chi connectivity index (χ1n) is 8.14. The molecule has 0 aromatic rings. The molecule has 4 amide bonds. The minimum Gasteiger partial charge on any atom is -0.481 e. The lowest BCUT2D eigenvalue weighted by molar-refractivity contribution is -0.141. The average molecular weight is 372 g/mol. The van der Waals surface area contributed by atoms with E-state index in [1.165, 1.54) is 20.8 Å². The minimum absolute atomic E-state index is 0.445. The van der Waals surface area contributed by atoms with Gasteiger partial charge in [-0.3, -0.25) is 24.0 Å². The van der Waals surface area contributed by atoms with E-state index < -0.39 is 59.7 Å². The van der Waals surface area contributed by atoms with Crippen LogP contribution in [0.2, 0.25) is 0 Å². The first kappa shape index (κ1) is 23.4. The first-order chi connectivity index (χ1) is 11.7. The molecular formula is C16H28N4O6. The molecule has 148 valence electrons. The van der Waals surface area contributed by atoms with Gasteiger partial charge in [0.2, 0.25) is 23.6 Å². The van der Waals surface area contributed by atoms with Crippen molar-refractivity contribution < 1.29 is 29.1 Å². The Kier molecular flexibility index (Phi) is 8.74. The van der Waals surface area contributed by atoms with E-state index in [0.717, 1.165) is 0 Å². The van der Waals surface area contributed by atoms with E-state index in [1.54, 1.807) is 20.8 Å². The summed E-state index contributed by atoms with van der Waals surface area (Å²) in [6.07, 6.45) is -0.669. The number of carbonyl (C=O) groups is 5. The van der Waals surface area contributed by atoms with Gasteiger partial charge in [-0.1, -0.05) is 0 Å². The van der Waals surface area contributed by atoms with Crippen LogP contribution in [0.4, 0.5) is 0 Å². The van der Waals surface area contributed by atoms with Crippen LogP contribution in [0.25, 0.3) is 0 Å². The number of carbonyl (C=O) groups excluding carboxylic acids is 4. The largest absolute Gasteiger partial charge is 0.481 e. The molecule has 0 aliphatic rings. The van der Waals surface area contributed by atoms with E-state index in [9.17, 15) is 24.0 Å². The van der Waals surface area contributed by atoms with E-state index in [-0.39, 0.29) is 0 Å². The summed E-state index contributed by atoms with van der Waals surface area (Å²) in [4.78, 5) is 58.3. The van der Waals surface area contributed by atoms with Crippen molar-refractivity contribution in [2.75, 3.05) is 0 Å². The van der Waals surface area contributed by atoms with Crippen LogP contribution in [0, 0.1) is 0 Å². The standard InChI is InChI=1S/C16H28N4O6/c1-8(17-10(3)21)13(24)19-11(7-12(22)23)15(26)18-9(2)14(25)20-16(4,5)6/h8-9,11H,7H2,1-6H3,(H,17,21)(H,18,26)(H,19,24)(H,20,25)(H,22,23). The van der Waals surface area contributed by atoms with Crippen LogP contribution in [0.5, 0.6) is 0 Å². The van der Waals surface area contributed by atoms with Gasteiger partial charge in [-0.25, -0.2) is 0 Å². The molecule has 0 rings (SSSR count). The van der Waals surface area contributed by atoms with Crippen molar-refractivity contribution in [3.63, 3.8) is 0 Å². The van der Waals surface area contributed by atoms with Gasteiger partial charge >= 0.3 is 5.97 Å². The average Bonchev–Trinajstić information content (AvgIpc) is 2.43. The Balaban J connectivity index is 4.98. The molecule has 0 aliphatic carbocycles. The van der Waals surface area contributed by atoms with Crippen LogP contribution in [-0.4, -0.2) is 58.4 Å². The molecule has 0 fully saturated rings. The number of hydrogen-bond donors (Lipinski definition) is 5. The van der Waals surface area contributed by atoms with Gasteiger partial charge in [0, 0.05) is 12.5 Å². The Hall–Kier alpha value is -2.65. The van der Waals surface area contributed by atoms with E-state index in [1.807, 2.05) is 0 Å². The fourth-order valence-electron chi connectivity index (χ4n) is 1.91. The zero-order chi connectivity index (χ0) is 20.7. The molecule has 10 nitrogen and oxygen atoms in total. The second-order valence-corrected chi connectivity index (χ2v) is 7.05. The zero-order valence-electron chi connectivity index (χ0n) is 15.9. The monoisotopic (exact) mass is 372 g/mol. The highest BCUT2D eigenvalue weighted by Crippen LogP contribution is 2.01. The fourth-order valence-corrected chi connectivity index (χ4v) is 1.91. The maximum atomic E-state index is 12.3. The molecule has 0 spiro atoms. The molecule has 0 aromatic carbocycles. The number of hydrogen-bond acceptors (Lipinski definition) is 5. The number of carboxylic acid groups (broad SMARTS) is 1. The summed E-state index contributed by atoms with van der Waals surface area (Å²) in [5.74, 6) is -3.72. The third-order valence-corrected chi connectivity index (χ3v) is 3.08. The Bertz CT molecular complexity index is 570. The molecule has 3 unspecified atom stereocenters. The van der Waals surface area contributed by atoms with E-state index in [4.69, 9.17) is 5.11 Å². The molecule has 5 N–H and O–H groups in total. The molecule has 0 bridgehead atoms. The summed E-state index contributed by atoms with van der Waals surface area (Å²) in [6.45, 7) is 9.38. The summed E-state index contributed by atoms with van der Waals surface area (Å²) < 4.78 is 0. The van der Waals surface area contributed by atoms with Gasteiger partial charge in [-0.15, -0.1) is 0 Å². The number of rotatable bonds is 8. The van der Waals surface area contributed by atoms with Crippen LogP contribution in [-0.2, 0) is 24.0 Å². The third-order valence-electron chi connectivity index (χ3n) is 3.08. The van der Waals surface area contributed by atoms with Crippen molar-refractivity contribution in [2.45, 2.75) is 71.6 Å². The molecule has 3 atom stereocenters. The molecule has 10 heteroatoms. The van der Waals surface area contributed by atoms with Crippen molar-refractivity contribution in [1.29, 1.82) is 0 Å². The second-order valence-electron chi connectivity index (χ2n) is 7.05. The zero-order valence-corrected chi connectivity index (χ0v) is 15.9. The molecule has 0 saturated carbocycles. The molecule has 0 aromatic heterocycles. The van der Waals surface area contributed by atoms with Crippen molar-refractivity contribution in [2.24, 2.45) is 0 Å². The van der Waals surface area contributed by atoms with Crippen molar-refractivity contribution >= 4 is 29.6 Å². The molecule has 0 aliphatic heterocycles. The van der Waals surface area contributed by atoms with Crippen molar-refractivity contribution in [3.8, 4) is 0 Å². The lowest BCUT2D eigenvalue weighted by Crippen LogP contribution is -2.57. The summed E-state index contributed by atoms with van der Waals surface area (Å²) in [7, 11) is 0. The lowest BCUT2D eigenvalue weighted by Gasteiger charge is -2.25. The molecular weight excluding hydrogens is 344 g/mol. The molecule has 0 radical (unpaired) electrons. The Morgan fingerprint density at radius 2 is 1.35 bits per heavy atom. The number of nitrogens with one attached hydrogen (secondary N) is 4. The Morgan fingerprint density at radius 1 is 0.846 bits per heavy atom. The van der Waals surface area contributed by atoms with Crippen LogP contribution >= 0.6 is 0 Å². The maximum absolute atomic E-state index is 12.3. The first-order valence-corrected chi connectivity index (χ1v) is 8.14. The van der Waals surface area contributed by atoms with Gasteiger partial charge in [0.05, 0.1) is 6.42 Å². The number of amides is 4. The Morgan fingerprint density at radius 3 is 1.77 bits per heavy atom. The van der Waals surface area contributed by atoms with Gasteiger partial charge in [0.15, 0.2) is 0 Å². The number of carboxylic acids is 1. The molecule has 26 heavy (non-hydrogen) atoms. The van der Waals surface area contributed by atoms with Crippen molar-refractivity contribution in [1.82, 2.24) is 21.3 Å². The minimum atomic E-state index is -1.39. The predicted octanol–water partition coefficient (Wildman–Crippen LogP) is -1.11. The summed E-state index contributed by atoms with van der Waals surface area (Å²) in [5.41, 5.74) is -0.501. The summed E-state index contributed by atoms with van der Waals surface area (Å²) >= 11 is 0. The van der Waals surface area contributed by atoms with E-state index in [2.05, 4.69) is 21.3 Å². The van der Waals surface area contributed by atoms with Crippen LogP contribution in [0.1, 0.15) is 48.0 Å². The highest BCUT2D eigenvalue weighted by atomic mass is 16.4. The van der Waals surface area contributed by atoms with E-state index in [0.29, 0.717) is 0 Å². The third kappa shape index (κ3) is 9.60. The SMILES string of the molecule is CC(=O)NC(C)C(=O)NC(CC(=O)O)C(=O)NC(C)C(=O)NC(C)(C)C. The topological polar surface area (TPSA) is 154 Å². The van der Waals surface area contributed by atoms with Crippen molar-refractivity contribution in [3.05, 3.63) is 0 Å². The van der Waals surface area contributed by atoms with Crippen LogP contribution < -0.4 is 21.3 Å². The lowest BCUT2D eigenvalue weighted by atomic mass is 10.1. The normalized spacial score (nSPS) is 14.4. The van der Waals surface area contributed by atoms with Crippen LogP contribution in [0.15, 0.2) is 0 Å². The quantitative estimate of drug-likeness (QED) is 0.364. The molecule has 0 heterocycles. The highest BCUT2D eigenvalue weighted by molar-refractivity contribution is 5.95. The van der Waals surface area contributed by atoms with Crippen LogP contribution in [0.3, 0.4) is 0 Å². The highest BCUT2D eigenvalue weighted by Gasteiger charge is 2.29. The smallest absolute Gasteiger partial charge is 0.305 e. The summed E-state index contributed by atoms with van der Waals surface area (Å²) in [6, 6.07) is -3.26. The predicted molar refractivity (Wildman–Crippen MR) is 93.0 cm³/mol. The van der Waals surface area contributed by atoms with Gasteiger partial charge in [-0.05, 0) is 34.6 Å². The van der Waals surface area contributed by atoms with Gasteiger partial charge in [0.25, 0.3) is 0 Å². The van der Waals surface area contributed by atoms with E-state index >= 15 is 0 Å². The second kappa shape index (κ2) is 9.73. The van der Waals surface area contributed by atoms with Gasteiger partial charge in [-0.2, -0.15) is 0 Å². The number of aliphatic carboxylic acids is 1. The van der Waals surface area contributed by atoms with Gasteiger partial charge < -0.3 is 26.4 Å². The Labute approximate surface area is 152 Å². The maximum Gasteiger partial charge on any atom is 0.305 e. The van der Waals surface area contributed by atoms with Gasteiger partial charge in [0.1, 0.15) is 18.1 Å². The fraction of sp³-hybridized carbons (Fsp3) is 0.688. The molecule has 0 saturated heterocycles.